The molecule has 6 rings (SSSR count). The Balaban J connectivity index is 1.08. The van der Waals surface area contributed by atoms with Crippen molar-refractivity contribution in [1.29, 1.82) is 5.26 Å². The van der Waals surface area contributed by atoms with E-state index in [2.05, 4.69) is 60.1 Å². The number of nitrogens with zero attached hydrogens (tertiary/aromatic N) is 6. The number of aryl methyl sites for hydroxylation is 1. The molecular weight excluding hydrogens is 662 g/mol. The summed E-state index contributed by atoms with van der Waals surface area (Å²) >= 11 is 1.05. The number of piperidine rings is 2. The lowest BCUT2D eigenvalue weighted by Gasteiger charge is -2.33. The van der Waals surface area contributed by atoms with Crippen LogP contribution in [0.2, 0.25) is 0 Å². The van der Waals surface area contributed by atoms with Gasteiger partial charge in [-0.2, -0.15) is 23.4 Å². The maximum Gasteiger partial charge on any atom is 0.393 e. The zero-order valence-electron chi connectivity index (χ0n) is 27.4. The lowest BCUT2D eigenvalue weighted by atomic mass is 10.0. The number of nitriles is 1. The van der Waals surface area contributed by atoms with Crippen molar-refractivity contribution in [1.82, 2.24) is 24.3 Å². The second kappa shape index (κ2) is 13.8. The largest absolute Gasteiger partial charge is 0.393 e. The summed E-state index contributed by atoms with van der Waals surface area (Å²) in [5.41, 5.74) is 4.03. The third-order valence-electron chi connectivity index (χ3n) is 9.73. The second-order valence-corrected chi connectivity index (χ2v) is 16.5. The standard InChI is InChI=1S/C33H41F3N8O2S2/c1-21-22(4-5-29-27(21)16-24(19-37)44(29)15-14-42-12-8-26(9-13-42)48(3,45)46)20-43-10-6-23(7-11-43)39-30-28-17-25(18-33(34,35)36)47-31(28)41-32(38-2)40-30/h4-5,16-17,23,26H,6-15,18,20H2,1-3H3,(H2,38,39,40,41). The molecule has 3 aromatic heterocycles. The van der Waals surface area contributed by atoms with Gasteiger partial charge in [0.2, 0.25) is 5.95 Å². The molecule has 0 spiro atoms. The van der Waals surface area contributed by atoms with Gasteiger partial charge in [0.05, 0.1) is 17.1 Å². The molecule has 2 fully saturated rings. The highest BCUT2D eigenvalue weighted by molar-refractivity contribution is 7.91. The summed E-state index contributed by atoms with van der Waals surface area (Å²) in [5, 5.41) is 17.8. The van der Waals surface area contributed by atoms with Crippen molar-refractivity contribution in [2.75, 3.05) is 56.7 Å². The lowest BCUT2D eigenvalue weighted by Crippen LogP contribution is -2.40. The Hall–Kier alpha value is -3.45. The molecule has 2 N–H and O–H groups in total. The van der Waals surface area contributed by atoms with Gasteiger partial charge in [-0.1, -0.05) is 6.07 Å². The molecule has 0 saturated carbocycles. The highest BCUT2D eigenvalue weighted by atomic mass is 32.2. The molecule has 0 aliphatic carbocycles. The molecule has 0 bridgehead atoms. The summed E-state index contributed by atoms with van der Waals surface area (Å²) in [4.78, 5) is 14.4. The number of aromatic nitrogens is 3. The Labute approximate surface area is 282 Å². The van der Waals surface area contributed by atoms with Crippen LogP contribution in [0.5, 0.6) is 0 Å². The van der Waals surface area contributed by atoms with E-state index in [4.69, 9.17) is 0 Å². The van der Waals surface area contributed by atoms with Crippen molar-refractivity contribution in [2.24, 2.45) is 0 Å². The smallest absolute Gasteiger partial charge is 0.367 e. The van der Waals surface area contributed by atoms with Crippen molar-refractivity contribution >= 4 is 54.1 Å². The second-order valence-electron chi connectivity index (χ2n) is 13.0. The molecule has 48 heavy (non-hydrogen) atoms. The number of fused-ring (bicyclic) bond motifs is 2. The Morgan fingerprint density at radius 3 is 2.38 bits per heavy atom. The number of nitrogens with one attached hydrogen (secondary N) is 2. The minimum atomic E-state index is -4.28. The molecule has 1 aromatic carbocycles. The van der Waals surface area contributed by atoms with Crippen LogP contribution in [0.15, 0.2) is 24.3 Å². The van der Waals surface area contributed by atoms with Gasteiger partial charge in [-0.15, -0.1) is 11.3 Å². The monoisotopic (exact) mass is 702 g/mol. The van der Waals surface area contributed by atoms with E-state index in [1.165, 1.54) is 11.8 Å². The average Bonchev–Trinajstić information content (AvgIpc) is 3.61. The van der Waals surface area contributed by atoms with Crippen LogP contribution < -0.4 is 10.6 Å². The fraction of sp³-hybridized carbons (Fsp3) is 0.545. The first-order chi connectivity index (χ1) is 22.8. The lowest BCUT2D eigenvalue weighted by molar-refractivity contribution is -0.126. The number of rotatable bonds is 10. The zero-order chi connectivity index (χ0) is 34.2. The van der Waals surface area contributed by atoms with Crippen LogP contribution >= 0.6 is 11.3 Å². The highest BCUT2D eigenvalue weighted by Gasteiger charge is 2.30. The van der Waals surface area contributed by atoms with Gasteiger partial charge < -0.3 is 20.1 Å². The quantitative estimate of drug-likeness (QED) is 0.219. The summed E-state index contributed by atoms with van der Waals surface area (Å²) in [5.74, 6) is 0.932. The topological polar surface area (TPSA) is 119 Å². The summed E-state index contributed by atoms with van der Waals surface area (Å²) in [6.07, 6.45) is -0.935. The van der Waals surface area contributed by atoms with E-state index < -0.39 is 22.4 Å². The Morgan fingerprint density at radius 2 is 1.73 bits per heavy atom. The van der Waals surface area contributed by atoms with Crippen molar-refractivity contribution < 1.29 is 21.6 Å². The number of halogens is 3. The normalized spacial score (nSPS) is 17.7. The van der Waals surface area contributed by atoms with Crippen molar-refractivity contribution in [3.63, 3.8) is 0 Å². The Bertz CT molecular complexity index is 1930. The first kappa shape index (κ1) is 34.4. The molecule has 0 atom stereocenters. The molecule has 0 radical (unpaired) electrons. The van der Waals surface area contributed by atoms with Gasteiger partial charge in [-0.3, -0.25) is 4.90 Å². The zero-order valence-corrected chi connectivity index (χ0v) is 29.0. The van der Waals surface area contributed by atoms with E-state index in [1.54, 1.807) is 13.1 Å². The third-order valence-corrected chi connectivity index (χ3v) is 12.4. The van der Waals surface area contributed by atoms with Crippen molar-refractivity contribution in [3.05, 3.63) is 46.0 Å². The minimum absolute atomic E-state index is 0.128. The predicted molar refractivity (Wildman–Crippen MR) is 184 cm³/mol. The number of hydrogen-bond donors (Lipinski definition) is 2. The van der Waals surface area contributed by atoms with E-state index in [1.807, 2.05) is 6.07 Å². The maximum absolute atomic E-state index is 13.1. The average molecular weight is 703 g/mol. The first-order valence-electron chi connectivity index (χ1n) is 16.3. The van der Waals surface area contributed by atoms with Crippen LogP contribution in [0.25, 0.3) is 21.1 Å². The number of hydrogen-bond acceptors (Lipinski definition) is 10. The van der Waals surface area contributed by atoms with Crippen LogP contribution in [0.3, 0.4) is 0 Å². The van der Waals surface area contributed by atoms with Gasteiger partial charge in [0, 0.05) is 67.8 Å². The predicted octanol–water partition coefficient (Wildman–Crippen LogP) is 5.56. The fourth-order valence-corrected chi connectivity index (χ4v) is 9.10. The minimum Gasteiger partial charge on any atom is -0.367 e. The summed E-state index contributed by atoms with van der Waals surface area (Å²) < 4.78 is 65.1. The van der Waals surface area contributed by atoms with Crippen LogP contribution in [-0.2, 0) is 29.3 Å². The molecule has 0 unspecified atom stereocenters. The summed E-state index contributed by atoms with van der Waals surface area (Å²) in [7, 11) is -1.32. The maximum atomic E-state index is 13.1. The summed E-state index contributed by atoms with van der Waals surface area (Å²) in [6, 6.07) is 10.3. The van der Waals surface area contributed by atoms with E-state index >= 15 is 0 Å². The molecule has 5 heterocycles. The molecule has 15 heteroatoms. The fourth-order valence-electron chi connectivity index (χ4n) is 6.98. The van der Waals surface area contributed by atoms with Gasteiger partial charge in [-0.05, 0) is 75.0 Å². The number of benzene rings is 1. The summed E-state index contributed by atoms with van der Waals surface area (Å²) in [6.45, 7) is 7.51. The number of alkyl halides is 3. The Kier molecular flexibility index (Phi) is 9.90. The number of likely N-dealkylation sites (tertiary alicyclic amines) is 2. The van der Waals surface area contributed by atoms with Crippen LogP contribution in [0.1, 0.15) is 47.4 Å². The molecule has 258 valence electrons. The molecule has 2 aliphatic rings. The SMILES string of the molecule is CNc1nc(NC2CCN(Cc3ccc4c(cc(C#N)n4CCN4CCC(S(C)(=O)=O)CC4)c3C)CC2)c2cc(CC(F)(F)F)sc2n1. The highest BCUT2D eigenvalue weighted by Crippen LogP contribution is 2.35. The van der Waals surface area contributed by atoms with E-state index in [0.29, 0.717) is 47.1 Å². The molecule has 10 nitrogen and oxygen atoms in total. The third kappa shape index (κ3) is 7.72. The van der Waals surface area contributed by atoms with Gasteiger partial charge in [0.25, 0.3) is 0 Å². The molecule has 4 aromatic rings. The van der Waals surface area contributed by atoms with Crippen molar-refractivity contribution in [2.45, 2.75) is 69.6 Å². The van der Waals surface area contributed by atoms with Crippen LogP contribution in [-0.4, -0.2) is 96.2 Å². The molecule has 0 amide bonds. The molecule has 2 saturated heterocycles. The van der Waals surface area contributed by atoms with Gasteiger partial charge in [0.1, 0.15) is 32.2 Å². The number of sulfone groups is 1. The van der Waals surface area contributed by atoms with E-state index in [9.17, 15) is 26.9 Å². The van der Waals surface area contributed by atoms with Crippen LogP contribution in [0.4, 0.5) is 24.9 Å². The van der Waals surface area contributed by atoms with Gasteiger partial charge >= 0.3 is 6.18 Å². The Morgan fingerprint density at radius 1 is 1.02 bits per heavy atom. The number of anilines is 2. The van der Waals surface area contributed by atoms with E-state index in [-0.39, 0.29) is 16.2 Å². The van der Waals surface area contributed by atoms with Crippen LogP contribution in [0, 0.1) is 18.3 Å². The number of thiophene rings is 1. The van der Waals surface area contributed by atoms with Gasteiger partial charge in [-0.25, -0.2) is 13.4 Å². The first-order valence-corrected chi connectivity index (χ1v) is 19.1. The van der Waals surface area contributed by atoms with Gasteiger partial charge in [0.15, 0.2) is 0 Å². The molecular formula is C33H41F3N8O2S2. The van der Waals surface area contributed by atoms with E-state index in [0.717, 1.165) is 79.9 Å². The van der Waals surface area contributed by atoms with Crippen molar-refractivity contribution in [3.8, 4) is 6.07 Å². The molecule has 2 aliphatic heterocycles.